The average Bonchev–Trinajstić information content (AvgIpc) is 3.30. The smallest absolute Gasteiger partial charge is 0.0558 e. The molecule has 1 aromatic rings. The molecule has 136 valence electrons. The number of rotatable bonds is 6. The number of aliphatic hydroxyl groups excluding tert-OH is 1. The molecule has 0 unspecified atom stereocenters. The van der Waals surface area contributed by atoms with E-state index in [1.807, 2.05) is 0 Å². The van der Waals surface area contributed by atoms with E-state index in [-0.39, 0.29) is 31.4 Å². The summed E-state index contributed by atoms with van der Waals surface area (Å²) in [5.74, 6) is 0.718. The summed E-state index contributed by atoms with van der Waals surface area (Å²) >= 11 is 0. The molecule has 2 atom stereocenters. The Morgan fingerprint density at radius 1 is 1.21 bits per heavy atom. The molecule has 1 heterocycles. The van der Waals surface area contributed by atoms with Crippen molar-refractivity contribution >= 4 is 30.9 Å². The zero-order valence-corrected chi connectivity index (χ0v) is 16.0. The first kappa shape index (κ1) is 21.5. The SMILES string of the molecule is C/C(=C\c1ccccc1)[C@@H]1C[C@H]1NC1CCN(CCO)CC1.Cl.Cl. The number of aliphatic hydroxyl groups is 1. The lowest BCUT2D eigenvalue weighted by atomic mass is 10.0. The van der Waals surface area contributed by atoms with Gasteiger partial charge in [-0.1, -0.05) is 42.0 Å². The first-order valence-electron chi connectivity index (χ1n) is 8.59. The number of hydrogen-bond acceptors (Lipinski definition) is 3. The molecule has 2 fully saturated rings. The monoisotopic (exact) mass is 372 g/mol. The van der Waals surface area contributed by atoms with Crippen molar-refractivity contribution in [3.05, 3.63) is 41.5 Å². The molecule has 2 N–H and O–H groups in total. The highest BCUT2D eigenvalue weighted by Crippen LogP contribution is 2.38. The maximum absolute atomic E-state index is 8.99. The summed E-state index contributed by atoms with van der Waals surface area (Å²) in [6.07, 6.45) is 6.04. The number of nitrogens with zero attached hydrogens (tertiary/aromatic N) is 1. The van der Waals surface area contributed by atoms with Crippen LogP contribution in [0, 0.1) is 5.92 Å². The van der Waals surface area contributed by atoms with E-state index in [2.05, 4.69) is 53.5 Å². The summed E-state index contributed by atoms with van der Waals surface area (Å²) in [7, 11) is 0. The molecule has 0 radical (unpaired) electrons. The highest BCUT2D eigenvalue weighted by molar-refractivity contribution is 5.85. The lowest BCUT2D eigenvalue weighted by Gasteiger charge is -2.32. The van der Waals surface area contributed by atoms with E-state index in [0.717, 1.165) is 25.6 Å². The van der Waals surface area contributed by atoms with Crippen molar-refractivity contribution in [2.24, 2.45) is 5.92 Å². The van der Waals surface area contributed by atoms with E-state index in [9.17, 15) is 0 Å². The highest BCUT2D eigenvalue weighted by Gasteiger charge is 2.39. The number of β-amino-alcohol motifs (C(OH)–C–C–N with tert-alkyl or cyclic N) is 1. The number of benzene rings is 1. The Morgan fingerprint density at radius 3 is 2.50 bits per heavy atom. The summed E-state index contributed by atoms with van der Waals surface area (Å²) in [6, 6.07) is 11.9. The third kappa shape index (κ3) is 6.05. The third-order valence-electron chi connectivity index (χ3n) is 5.02. The van der Waals surface area contributed by atoms with Gasteiger partial charge in [-0.25, -0.2) is 0 Å². The molecule has 0 aromatic heterocycles. The Labute approximate surface area is 158 Å². The standard InChI is InChI=1S/C19H28N2O.2ClH/c1-15(13-16-5-3-2-4-6-16)18-14-19(18)20-17-7-9-21(10-8-17)11-12-22;;/h2-6,13,17-20,22H,7-12,14H2,1H3;2*1H/b15-13+;;/t18-,19+;;/m0../s1. The fourth-order valence-electron chi connectivity index (χ4n) is 3.57. The van der Waals surface area contributed by atoms with Crippen LogP contribution in [0.3, 0.4) is 0 Å². The summed E-state index contributed by atoms with van der Waals surface area (Å²) in [6.45, 7) is 5.62. The van der Waals surface area contributed by atoms with Crippen LogP contribution in [0.4, 0.5) is 0 Å². The van der Waals surface area contributed by atoms with Crippen LogP contribution in [0.5, 0.6) is 0 Å². The molecule has 24 heavy (non-hydrogen) atoms. The maximum atomic E-state index is 8.99. The van der Waals surface area contributed by atoms with Crippen molar-refractivity contribution in [2.75, 3.05) is 26.2 Å². The third-order valence-corrected chi connectivity index (χ3v) is 5.02. The van der Waals surface area contributed by atoms with Crippen LogP contribution in [0.2, 0.25) is 0 Å². The number of likely N-dealkylation sites (tertiary alicyclic amines) is 1. The van der Waals surface area contributed by atoms with E-state index >= 15 is 0 Å². The van der Waals surface area contributed by atoms with Crippen LogP contribution < -0.4 is 5.32 Å². The predicted molar refractivity (Wildman–Crippen MR) is 106 cm³/mol. The van der Waals surface area contributed by atoms with Crippen LogP contribution in [0.15, 0.2) is 35.9 Å². The quantitative estimate of drug-likeness (QED) is 0.803. The minimum absolute atomic E-state index is 0. The number of piperidine rings is 1. The number of hydrogen-bond donors (Lipinski definition) is 2. The second kappa shape index (κ2) is 10.4. The minimum atomic E-state index is 0. The zero-order valence-electron chi connectivity index (χ0n) is 14.4. The van der Waals surface area contributed by atoms with Crippen molar-refractivity contribution in [2.45, 2.75) is 38.3 Å². The van der Waals surface area contributed by atoms with E-state index in [1.54, 1.807) is 0 Å². The molecule has 1 saturated heterocycles. The average molecular weight is 373 g/mol. The molecule has 0 spiro atoms. The van der Waals surface area contributed by atoms with Crippen LogP contribution in [0.1, 0.15) is 31.7 Å². The maximum Gasteiger partial charge on any atom is 0.0558 e. The van der Waals surface area contributed by atoms with Crippen molar-refractivity contribution < 1.29 is 5.11 Å². The summed E-state index contributed by atoms with van der Waals surface area (Å²) in [4.78, 5) is 2.36. The van der Waals surface area contributed by atoms with Crippen LogP contribution in [-0.2, 0) is 0 Å². The number of nitrogens with one attached hydrogen (secondary N) is 1. The lowest BCUT2D eigenvalue weighted by Crippen LogP contribution is -2.44. The van der Waals surface area contributed by atoms with Gasteiger partial charge in [-0.15, -0.1) is 24.8 Å². The van der Waals surface area contributed by atoms with E-state index in [1.165, 1.54) is 30.4 Å². The Kier molecular flexibility index (Phi) is 9.32. The fraction of sp³-hybridized carbons (Fsp3) is 0.579. The van der Waals surface area contributed by atoms with E-state index in [0.29, 0.717) is 12.1 Å². The van der Waals surface area contributed by atoms with E-state index < -0.39 is 0 Å². The van der Waals surface area contributed by atoms with Gasteiger partial charge in [-0.2, -0.15) is 0 Å². The molecule has 3 rings (SSSR count). The highest BCUT2D eigenvalue weighted by atomic mass is 35.5. The van der Waals surface area contributed by atoms with Crippen molar-refractivity contribution in [1.29, 1.82) is 0 Å². The Balaban J connectivity index is 0.00000144. The van der Waals surface area contributed by atoms with Crippen LogP contribution in [0.25, 0.3) is 6.08 Å². The molecule has 3 nitrogen and oxygen atoms in total. The van der Waals surface area contributed by atoms with Gasteiger partial charge in [0, 0.05) is 18.6 Å². The van der Waals surface area contributed by atoms with Crippen molar-refractivity contribution in [3.63, 3.8) is 0 Å². The second-order valence-electron chi connectivity index (χ2n) is 6.75. The van der Waals surface area contributed by atoms with Gasteiger partial charge in [0.15, 0.2) is 0 Å². The summed E-state index contributed by atoms with van der Waals surface area (Å²) < 4.78 is 0. The van der Waals surface area contributed by atoms with Gasteiger partial charge in [0.1, 0.15) is 0 Å². The molecule has 1 saturated carbocycles. The predicted octanol–water partition coefficient (Wildman–Crippen LogP) is 3.37. The van der Waals surface area contributed by atoms with Gasteiger partial charge >= 0.3 is 0 Å². The second-order valence-corrected chi connectivity index (χ2v) is 6.75. The van der Waals surface area contributed by atoms with Crippen LogP contribution >= 0.6 is 24.8 Å². The zero-order chi connectivity index (χ0) is 15.4. The molecule has 5 heteroatoms. The minimum Gasteiger partial charge on any atom is -0.395 e. The Hall–Kier alpha value is -0.580. The van der Waals surface area contributed by atoms with Gasteiger partial charge < -0.3 is 15.3 Å². The molecule has 0 amide bonds. The van der Waals surface area contributed by atoms with Crippen molar-refractivity contribution in [1.82, 2.24) is 10.2 Å². The lowest BCUT2D eigenvalue weighted by molar-refractivity contribution is 0.156. The normalized spacial score (nSPS) is 24.8. The topological polar surface area (TPSA) is 35.5 Å². The molecule has 1 aliphatic heterocycles. The molecular weight excluding hydrogens is 343 g/mol. The first-order chi connectivity index (χ1) is 10.8. The van der Waals surface area contributed by atoms with Gasteiger partial charge in [0.05, 0.1) is 6.61 Å². The Morgan fingerprint density at radius 2 is 1.88 bits per heavy atom. The molecule has 1 aromatic carbocycles. The van der Waals surface area contributed by atoms with Gasteiger partial charge in [0.25, 0.3) is 0 Å². The van der Waals surface area contributed by atoms with Gasteiger partial charge in [0.2, 0.25) is 0 Å². The molecule has 2 aliphatic rings. The first-order valence-corrected chi connectivity index (χ1v) is 8.59. The Bertz CT molecular complexity index is 501. The van der Waals surface area contributed by atoms with Crippen LogP contribution in [-0.4, -0.2) is 48.3 Å². The largest absolute Gasteiger partial charge is 0.395 e. The van der Waals surface area contributed by atoms with Crippen molar-refractivity contribution in [3.8, 4) is 0 Å². The van der Waals surface area contributed by atoms with Gasteiger partial charge in [-0.3, -0.25) is 0 Å². The number of halogens is 2. The fourth-order valence-corrected chi connectivity index (χ4v) is 3.57. The van der Waals surface area contributed by atoms with Gasteiger partial charge in [-0.05, 0) is 50.8 Å². The molecule has 0 bridgehead atoms. The molecular formula is C19H30Cl2N2O. The summed E-state index contributed by atoms with van der Waals surface area (Å²) in [5, 5.41) is 12.8. The summed E-state index contributed by atoms with van der Waals surface area (Å²) in [5.41, 5.74) is 2.81. The van der Waals surface area contributed by atoms with E-state index in [4.69, 9.17) is 5.11 Å². The molecule has 1 aliphatic carbocycles.